The summed E-state index contributed by atoms with van der Waals surface area (Å²) >= 11 is 0. The van der Waals surface area contributed by atoms with Crippen molar-refractivity contribution in [2.75, 3.05) is 0 Å². The van der Waals surface area contributed by atoms with Gasteiger partial charge in [0.2, 0.25) is 5.91 Å². The Morgan fingerprint density at radius 2 is 2.05 bits per heavy atom. The summed E-state index contributed by atoms with van der Waals surface area (Å²) in [5.74, 6) is 0.347. The van der Waals surface area contributed by atoms with Gasteiger partial charge in [-0.15, -0.1) is 0 Å². The average Bonchev–Trinajstić information content (AvgIpc) is 2.91. The molecule has 0 aliphatic heterocycles. The van der Waals surface area contributed by atoms with Crippen molar-refractivity contribution < 1.29 is 4.79 Å². The molecule has 1 aromatic heterocycles. The van der Waals surface area contributed by atoms with Crippen molar-refractivity contribution >= 4 is 16.8 Å². The van der Waals surface area contributed by atoms with Gasteiger partial charge in [-0.05, 0) is 25.0 Å². The Labute approximate surface area is 116 Å². The van der Waals surface area contributed by atoms with E-state index in [2.05, 4.69) is 15.3 Å². The lowest BCUT2D eigenvalue weighted by molar-refractivity contribution is -0.121. The second kappa shape index (κ2) is 5.45. The third-order valence-electron chi connectivity index (χ3n) is 3.71. The van der Waals surface area contributed by atoms with Crippen LogP contribution >= 0.6 is 0 Å². The predicted molar refractivity (Wildman–Crippen MR) is 76.5 cm³/mol. The number of hydrogen-bond acceptors (Lipinski definition) is 3. The molecule has 1 heterocycles. The van der Waals surface area contributed by atoms with Crippen LogP contribution in [0.15, 0.2) is 29.1 Å². The standard InChI is InChI=1S/C15H17N3O2/c19-14(16-10-5-1-2-6-10)9-13-17-12-8-4-3-7-11(12)15(20)18-13/h3-4,7-8,10H,1-2,5-6,9H2,(H,16,19)(H,17,18,20). The highest BCUT2D eigenvalue weighted by atomic mass is 16.1. The number of nitrogens with one attached hydrogen (secondary N) is 2. The summed E-state index contributed by atoms with van der Waals surface area (Å²) in [4.78, 5) is 30.9. The van der Waals surface area contributed by atoms with Gasteiger partial charge in [-0.25, -0.2) is 4.98 Å². The summed E-state index contributed by atoms with van der Waals surface area (Å²) in [5, 5.41) is 3.54. The van der Waals surface area contributed by atoms with E-state index >= 15 is 0 Å². The van der Waals surface area contributed by atoms with Gasteiger partial charge >= 0.3 is 0 Å². The molecule has 0 atom stereocenters. The van der Waals surface area contributed by atoms with Crippen LogP contribution in [0.4, 0.5) is 0 Å². The maximum atomic E-state index is 11.9. The Morgan fingerprint density at radius 3 is 2.85 bits per heavy atom. The smallest absolute Gasteiger partial charge is 0.258 e. The van der Waals surface area contributed by atoms with Crippen LogP contribution in [0.25, 0.3) is 10.9 Å². The van der Waals surface area contributed by atoms with Crippen LogP contribution in [0.3, 0.4) is 0 Å². The molecule has 3 rings (SSSR count). The lowest BCUT2D eigenvalue weighted by atomic mass is 10.2. The van der Waals surface area contributed by atoms with E-state index in [1.807, 2.05) is 6.07 Å². The van der Waals surface area contributed by atoms with Gasteiger partial charge in [0.1, 0.15) is 5.82 Å². The first kappa shape index (κ1) is 12.8. The Bertz CT molecular complexity index is 687. The molecule has 0 saturated heterocycles. The number of carbonyl (C=O) groups is 1. The van der Waals surface area contributed by atoms with Crippen LogP contribution in [0.5, 0.6) is 0 Å². The summed E-state index contributed by atoms with van der Waals surface area (Å²) in [7, 11) is 0. The Morgan fingerprint density at radius 1 is 1.30 bits per heavy atom. The van der Waals surface area contributed by atoms with Gasteiger partial charge < -0.3 is 10.3 Å². The van der Waals surface area contributed by atoms with Crippen LogP contribution in [0, 0.1) is 0 Å². The number of carbonyl (C=O) groups excluding carboxylic acids is 1. The fourth-order valence-corrected chi connectivity index (χ4v) is 2.72. The molecule has 1 aromatic carbocycles. The molecule has 1 saturated carbocycles. The van der Waals surface area contributed by atoms with Crippen molar-refractivity contribution in [3.63, 3.8) is 0 Å². The molecule has 5 nitrogen and oxygen atoms in total. The number of para-hydroxylation sites is 1. The molecule has 1 amide bonds. The minimum absolute atomic E-state index is 0.0738. The normalized spacial score (nSPS) is 15.6. The molecule has 0 unspecified atom stereocenters. The van der Waals surface area contributed by atoms with E-state index in [0.29, 0.717) is 16.7 Å². The number of benzene rings is 1. The van der Waals surface area contributed by atoms with Gasteiger partial charge in [0.25, 0.3) is 5.56 Å². The van der Waals surface area contributed by atoms with Crippen LogP contribution < -0.4 is 10.9 Å². The Balaban J connectivity index is 1.76. The minimum Gasteiger partial charge on any atom is -0.353 e. The molecule has 0 radical (unpaired) electrons. The molecule has 1 aliphatic carbocycles. The van der Waals surface area contributed by atoms with Crippen molar-refractivity contribution in [3.05, 3.63) is 40.4 Å². The van der Waals surface area contributed by atoms with E-state index in [4.69, 9.17) is 0 Å². The zero-order valence-electron chi connectivity index (χ0n) is 11.2. The maximum absolute atomic E-state index is 11.9. The molecule has 1 fully saturated rings. The van der Waals surface area contributed by atoms with Crippen molar-refractivity contribution in [2.45, 2.75) is 38.1 Å². The SMILES string of the molecule is O=C(Cc1nc2ccccc2c(=O)[nH]1)NC1CCCC1. The highest BCUT2D eigenvalue weighted by Crippen LogP contribution is 2.17. The number of hydrogen-bond donors (Lipinski definition) is 2. The molecule has 1 aliphatic rings. The first-order valence-electron chi connectivity index (χ1n) is 7.00. The Hall–Kier alpha value is -2.17. The minimum atomic E-state index is -0.195. The maximum Gasteiger partial charge on any atom is 0.258 e. The summed E-state index contributed by atoms with van der Waals surface area (Å²) < 4.78 is 0. The first-order chi connectivity index (χ1) is 9.72. The van der Waals surface area contributed by atoms with Gasteiger partial charge in [0, 0.05) is 6.04 Å². The van der Waals surface area contributed by atoms with E-state index in [9.17, 15) is 9.59 Å². The second-order valence-corrected chi connectivity index (χ2v) is 5.26. The van der Waals surface area contributed by atoms with E-state index < -0.39 is 0 Å². The topological polar surface area (TPSA) is 74.8 Å². The lowest BCUT2D eigenvalue weighted by Crippen LogP contribution is -2.34. The van der Waals surface area contributed by atoms with Crippen molar-refractivity contribution in [1.29, 1.82) is 0 Å². The molecular formula is C15H17N3O2. The molecule has 5 heteroatoms. The average molecular weight is 271 g/mol. The quantitative estimate of drug-likeness (QED) is 0.889. The summed E-state index contributed by atoms with van der Waals surface area (Å²) in [6.45, 7) is 0. The van der Waals surface area contributed by atoms with E-state index in [1.165, 1.54) is 12.8 Å². The molecule has 2 aromatic rings. The van der Waals surface area contributed by atoms with E-state index in [-0.39, 0.29) is 23.9 Å². The molecule has 2 N–H and O–H groups in total. The van der Waals surface area contributed by atoms with E-state index in [1.54, 1.807) is 18.2 Å². The van der Waals surface area contributed by atoms with Crippen LogP contribution in [0.2, 0.25) is 0 Å². The van der Waals surface area contributed by atoms with Crippen molar-refractivity contribution in [2.24, 2.45) is 0 Å². The number of rotatable bonds is 3. The predicted octanol–water partition coefficient (Wildman–Crippen LogP) is 1.52. The Kier molecular flexibility index (Phi) is 3.50. The molecular weight excluding hydrogens is 254 g/mol. The number of aromatic amines is 1. The first-order valence-corrected chi connectivity index (χ1v) is 7.00. The fourth-order valence-electron chi connectivity index (χ4n) is 2.72. The number of H-pyrrole nitrogens is 1. The summed E-state index contributed by atoms with van der Waals surface area (Å²) in [6, 6.07) is 7.42. The number of amides is 1. The molecule has 0 spiro atoms. The number of aromatic nitrogens is 2. The molecule has 20 heavy (non-hydrogen) atoms. The third kappa shape index (κ3) is 2.71. The summed E-state index contributed by atoms with van der Waals surface area (Å²) in [5.41, 5.74) is 0.430. The van der Waals surface area contributed by atoms with Crippen LogP contribution in [-0.2, 0) is 11.2 Å². The second-order valence-electron chi connectivity index (χ2n) is 5.26. The molecule has 104 valence electrons. The number of nitrogens with zero attached hydrogens (tertiary/aromatic N) is 1. The van der Waals surface area contributed by atoms with Gasteiger partial charge in [-0.2, -0.15) is 0 Å². The zero-order chi connectivity index (χ0) is 13.9. The third-order valence-corrected chi connectivity index (χ3v) is 3.71. The van der Waals surface area contributed by atoms with Crippen LogP contribution in [0.1, 0.15) is 31.5 Å². The monoisotopic (exact) mass is 271 g/mol. The van der Waals surface area contributed by atoms with Gasteiger partial charge in [0.15, 0.2) is 0 Å². The van der Waals surface area contributed by atoms with Gasteiger partial charge in [-0.3, -0.25) is 9.59 Å². The van der Waals surface area contributed by atoms with Crippen molar-refractivity contribution in [3.8, 4) is 0 Å². The largest absolute Gasteiger partial charge is 0.353 e. The summed E-state index contributed by atoms with van der Waals surface area (Å²) in [6.07, 6.45) is 4.57. The highest BCUT2D eigenvalue weighted by molar-refractivity contribution is 5.80. The van der Waals surface area contributed by atoms with Gasteiger partial charge in [-0.1, -0.05) is 25.0 Å². The lowest BCUT2D eigenvalue weighted by Gasteiger charge is -2.11. The van der Waals surface area contributed by atoms with E-state index in [0.717, 1.165) is 12.8 Å². The fraction of sp³-hybridized carbons (Fsp3) is 0.400. The van der Waals surface area contributed by atoms with Gasteiger partial charge in [0.05, 0.1) is 17.3 Å². The van der Waals surface area contributed by atoms with Crippen LogP contribution in [-0.4, -0.2) is 21.9 Å². The molecule has 0 bridgehead atoms. The zero-order valence-corrected chi connectivity index (χ0v) is 11.2. The number of fused-ring (bicyclic) bond motifs is 1. The highest BCUT2D eigenvalue weighted by Gasteiger charge is 2.17. The van der Waals surface area contributed by atoms with Crippen molar-refractivity contribution in [1.82, 2.24) is 15.3 Å².